The summed E-state index contributed by atoms with van der Waals surface area (Å²) in [5.74, 6) is 0.638. The predicted molar refractivity (Wildman–Crippen MR) is 105 cm³/mol. The largest absolute Gasteiger partial charge is 0.422 e. The molecule has 4 heteroatoms. The predicted octanol–water partition coefficient (Wildman–Crippen LogP) is 4.24. The van der Waals surface area contributed by atoms with Gasteiger partial charge in [0.1, 0.15) is 5.69 Å². The summed E-state index contributed by atoms with van der Waals surface area (Å²) in [6.45, 7) is 3.79. The molecule has 0 spiro atoms. The minimum atomic E-state index is -0.363. The van der Waals surface area contributed by atoms with E-state index in [0.717, 1.165) is 18.8 Å². The van der Waals surface area contributed by atoms with Gasteiger partial charge in [-0.25, -0.2) is 0 Å². The molecule has 0 bridgehead atoms. The molecular weight excluding hydrogens is 324 g/mol. The molecule has 1 aliphatic carbocycles. The molecule has 0 radical (unpaired) electrons. The van der Waals surface area contributed by atoms with Crippen molar-refractivity contribution < 1.29 is 4.43 Å². The van der Waals surface area contributed by atoms with Gasteiger partial charge in [0.25, 0.3) is 0 Å². The van der Waals surface area contributed by atoms with E-state index in [-0.39, 0.29) is 9.76 Å². The molecule has 4 rings (SSSR count). The van der Waals surface area contributed by atoms with Gasteiger partial charge in [0.05, 0.1) is 18.8 Å². The lowest BCUT2D eigenvalue weighted by Crippen LogP contribution is -2.11. The van der Waals surface area contributed by atoms with Gasteiger partial charge in [-0.3, -0.25) is 4.68 Å². The lowest BCUT2D eigenvalue weighted by molar-refractivity contribution is 0.306. The molecule has 1 aromatic heterocycles. The van der Waals surface area contributed by atoms with Gasteiger partial charge in [0, 0.05) is 17.0 Å². The Hall–Kier alpha value is -2.17. The highest BCUT2D eigenvalue weighted by atomic mass is 28.2. The third-order valence-corrected chi connectivity index (χ3v) is 5.41. The highest BCUT2D eigenvalue weighted by Crippen LogP contribution is 2.47. The summed E-state index contributed by atoms with van der Waals surface area (Å²) in [6.07, 6.45) is 2.53. The van der Waals surface area contributed by atoms with E-state index in [0.29, 0.717) is 5.92 Å². The Balaban J connectivity index is 1.86. The number of benzene rings is 2. The molecule has 25 heavy (non-hydrogen) atoms. The van der Waals surface area contributed by atoms with Crippen LogP contribution < -0.4 is 0 Å². The molecule has 1 heterocycles. The lowest BCUT2D eigenvalue weighted by Gasteiger charge is -2.09. The van der Waals surface area contributed by atoms with Crippen LogP contribution in [-0.4, -0.2) is 26.2 Å². The van der Waals surface area contributed by atoms with E-state index in [4.69, 9.17) is 9.52 Å². The lowest BCUT2D eigenvalue weighted by atomic mass is 9.97. The normalized spacial score (nSPS) is 14.4. The minimum Gasteiger partial charge on any atom is -0.422 e. The molecule has 0 saturated heterocycles. The maximum absolute atomic E-state index is 5.73. The minimum absolute atomic E-state index is 0.363. The number of aromatic nitrogens is 2. The van der Waals surface area contributed by atoms with Crippen LogP contribution in [0.4, 0.5) is 0 Å². The van der Waals surface area contributed by atoms with E-state index >= 15 is 0 Å². The Labute approximate surface area is 151 Å². The molecule has 3 aromatic rings. The average Bonchev–Trinajstić information content (AvgIpc) is 3.44. The summed E-state index contributed by atoms with van der Waals surface area (Å²) >= 11 is 0. The van der Waals surface area contributed by atoms with Crippen LogP contribution in [-0.2, 0) is 11.0 Å². The molecule has 1 fully saturated rings. The average molecular weight is 349 g/mol. The monoisotopic (exact) mass is 348 g/mol. The molecule has 0 amide bonds. The second kappa shape index (κ2) is 7.38. The second-order valence-electron chi connectivity index (χ2n) is 6.54. The molecule has 128 valence electrons. The molecule has 2 aromatic carbocycles. The Bertz CT molecular complexity index is 826. The number of hydrogen-bond acceptors (Lipinski definition) is 2. The standard InChI is InChI=1S/C21H24N2OSi/c1-25-24-15-14-23-21(18-12-13-18)19(16-8-4-2-5-9-16)20(22-23)17-10-6-3-7-11-17/h2-11,18H,12-15,25H2,1H3. The van der Waals surface area contributed by atoms with Gasteiger partial charge in [-0.05, 0) is 18.4 Å². The van der Waals surface area contributed by atoms with Gasteiger partial charge in [-0.15, -0.1) is 0 Å². The molecule has 0 atom stereocenters. The topological polar surface area (TPSA) is 27.1 Å². The van der Waals surface area contributed by atoms with Crippen molar-refractivity contribution in [1.82, 2.24) is 9.78 Å². The van der Waals surface area contributed by atoms with Crippen LogP contribution in [0, 0.1) is 0 Å². The van der Waals surface area contributed by atoms with E-state index < -0.39 is 0 Å². The van der Waals surface area contributed by atoms with Crippen LogP contribution in [0.5, 0.6) is 0 Å². The van der Waals surface area contributed by atoms with E-state index in [1.54, 1.807) is 0 Å². The van der Waals surface area contributed by atoms with Crippen molar-refractivity contribution in [3.8, 4) is 22.4 Å². The smallest absolute Gasteiger partial charge is 0.158 e. The van der Waals surface area contributed by atoms with Crippen LogP contribution in [0.2, 0.25) is 6.55 Å². The van der Waals surface area contributed by atoms with E-state index in [1.807, 2.05) is 0 Å². The molecule has 0 aliphatic heterocycles. The van der Waals surface area contributed by atoms with Gasteiger partial charge in [0.2, 0.25) is 0 Å². The summed E-state index contributed by atoms with van der Waals surface area (Å²) in [5.41, 5.74) is 6.25. The zero-order valence-electron chi connectivity index (χ0n) is 14.7. The van der Waals surface area contributed by atoms with Crippen LogP contribution in [0.15, 0.2) is 60.7 Å². The summed E-state index contributed by atoms with van der Waals surface area (Å²) in [4.78, 5) is 0. The maximum Gasteiger partial charge on any atom is 0.158 e. The van der Waals surface area contributed by atoms with Crippen molar-refractivity contribution >= 4 is 9.76 Å². The van der Waals surface area contributed by atoms with Gasteiger partial charge in [-0.1, -0.05) is 67.2 Å². The molecule has 0 unspecified atom stereocenters. The van der Waals surface area contributed by atoms with Crippen molar-refractivity contribution in [2.45, 2.75) is 31.9 Å². The maximum atomic E-state index is 5.73. The first kappa shape index (κ1) is 16.3. The SMILES string of the molecule is C[SiH2]OCCn1nc(-c2ccccc2)c(-c2ccccc2)c1C1CC1. The molecular formula is C21H24N2OSi. The van der Waals surface area contributed by atoms with Crippen molar-refractivity contribution in [1.29, 1.82) is 0 Å². The quantitative estimate of drug-likeness (QED) is 0.472. The fraction of sp³-hybridized carbons (Fsp3) is 0.286. The summed E-state index contributed by atoms with van der Waals surface area (Å²) in [6, 6.07) is 21.3. The van der Waals surface area contributed by atoms with Gasteiger partial charge >= 0.3 is 0 Å². The van der Waals surface area contributed by atoms with Crippen molar-refractivity contribution in [2.24, 2.45) is 0 Å². The van der Waals surface area contributed by atoms with Gasteiger partial charge in [-0.2, -0.15) is 5.10 Å². The Kier molecular flexibility index (Phi) is 4.81. The Morgan fingerprint density at radius 3 is 2.24 bits per heavy atom. The summed E-state index contributed by atoms with van der Waals surface area (Å²) in [5, 5.41) is 5.04. The summed E-state index contributed by atoms with van der Waals surface area (Å²) < 4.78 is 7.95. The van der Waals surface area contributed by atoms with Crippen LogP contribution in [0.1, 0.15) is 24.5 Å². The van der Waals surface area contributed by atoms with Crippen molar-refractivity contribution in [2.75, 3.05) is 6.61 Å². The first-order valence-corrected chi connectivity index (χ1v) is 11.2. The number of rotatable bonds is 7. The molecule has 1 aliphatic rings. The third-order valence-electron chi connectivity index (χ3n) is 4.72. The Morgan fingerprint density at radius 1 is 1.00 bits per heavy atom. The van der Waals surface area contributed by atoms with Gasteiger partial charge in [0.15, 0.2) is 9.76 Å². The zero-order valence-corrected chi connectivity index (χ0v) is 16.1. The van der Waals surface area contributed by atoms with Crippen molar-refractivity contribution in [3.05, 3.63) is 66.4 Å². The molecule has 1 saturated carbocycles. The second-order valence-corrected chi connectivity index (χ2v) is 7.52. The number of nitrogens with zero attached hydrogens (tertiary/aromatic N) is 2. The molecule has 0 N–H and O–H groups in total. The summed E-state index contributed by atoms with van der Waals surface area (Å²) in [7, 11) is -0.363. The van der Waals surface area contributed by atoms with Crippen LogP contribution in [0.3, 0.4) is 0 Å². The van der Waals surface area contributed by atoms with Crippen LogP contribution in [0.25, 0.3) is 22.4 Å². The van der Waals surface area contributed by atoms with Crippen molar-refractivity contribution in [3.63, 3.8) is 0 Å². The highest BCUT2D eigenvalue weighted by Gasteiger charge is 2.33. The van der Waals surface area contributed by atoms with Crippen LogP contribution >= 0.6 is 0 Å². The highest BCUT2D eigenvalue weighted by molar-refractivity contribution is 6.24. The Morgan fingerprint density at radius 2 is 1.64 bits per heavy atom. The fourth-order valence-corrected chi connectivity index (χ4v) is 3.82. The van der Waals surface area contributed by atoms with E-state index in [9.17, 15) is 0 Å². The van der Waals surface area contributed by atoms with E-state index in [1.165, 1.54) is 35.2 Å². The third kappa shape index (κ3) is 3.46. The van der Waals surface area contributed by atoms with Gasteiger partial charge < -0.3 is 4.43 Å². The molecule has 3 nitrogen and oxygen atoms in total. The first-order chi connectivity index (χ1) is 12.4. The fourth-order valence-electron chi connectivity index (χ4n) is 3.40. The zero-order chi connectivity index (χ0) is 17.1. The number of hydrogen-bond donors (Lipinski definition) is 0. The van der Waals surface area contributed by atoms with E-state index in [2.05, 4.69) is 71.9 Å². The first-order valence-electron chi connectivity index (χ1n) is 9.17.